The van der Waals surface area contributed by atoms with Gasteiger partial charge in [0, 0.05) is 11.6 Å². The summed E-state index contributed by atoms with van der Waals surface area (Å²) in [5.41, 5.74) is 0.877. The van der Waals surface area contributed by atoms with E-state index in [0.29, 0.717) is 16.9 Å². The van der Waals surface area contributed by atoms with E-state index >= 15 is 0 Å². The second-order valence-corrected chi connectivity index (χ2v) is 5.40. The highest BCUT2D eigenvalue weighted by atomic mass is 19.1. The Labute approximate surface area is 151 Å². The second-order valence-electron chi connectivity index (χ2n) is 5.40. The van der Waals surface area contributed by atoms with Gasteiger partial charge in [-0.2, -0.15) is 0 Å². The van der Waals surface area contributed by atoms with Crippen LogP contribution in [0.1, 0.15) is 22.8 Å². The summed E-state index contributed by atoms with van der Waals surface area (Å²) in [7, 11) is 2.90. The van der Waals surface area contributed by atoms with E-state index in [1.807, 2.05) is 0 Å². The van der Waals surface area contributed by atoms with Crippen LogP contribution in [0.2, 0.25) is 0 Å². The SMILES string of the molecule is COc1ccc(C(=O)[C@H](C)OC(=O)/C=C/c2ccc(OC)c(F)c2)cc1. The second kappa shape index (κ2) is 8.80. The fraction of sp³-hybridized carbons (Fsp3) is 0.200. The highest BCUT2D eigenvalue weighted by Crippen LogP contribution is 2.18. The Morgan fingerprint density at radius 2 is 1.73 bits per heavy atom. The standard InChI is InChI=1S/C20H19FO5/c1-13(20(23)15-6-8-16(24-2)9-7-15)26-19(22)11-5-14-4-10-18(25-3)17(21)12-14/h4-13H,1-3H3/b11-5+/t13-/m0/s1. The Kier molecular flexibility index (Phi) is 6.49. The lowest BCUT2D eigenvalue weighted by Crippen LogP contribution is -2.23. The van der Waals surface area contributed by atoms with E-state index in [0.717, 1.165) is 6.08 Å². The van der Waals surface area contributed by atoms with E-state index in [9.17, 15) is 14.0 Å². The summed E-state index contributed by atoms with van der Waals surface area (Å²) >= 11 is 0. The van der Waals surface area contributed by atoms with Crippen molar-refractivity contribution in [1.29, 1.82) is 0 Å². The quantitative estimate of drug-likeness (QED) is 0.429. The van der Waals surface area contributed by atoms with Gasteiger partial charge in [-0.1, -0.05) is 6.07 Å². The highest BCUT2D eigenvalue weighted by Gasteiger charge is 2.18. The molecule has 0 radical (unpaired) electrons. The van der Waals surface area contributed by atoms with Gasteiger partial charge in [0.25, 0.3) is 0 Å². The molecule has 0 saturated heterocycles. The molecule has 1 atom stereocenters. The number of esters is 1. The molecule has 0 heterocycles. The molecule has 0 fully saturated rings. The van der Waals surface area contributed by atoms with Gasteiger partial charge in [0.15, 0.2) is 17.7 Å². The molecular weight excluding hydrogens is 339 g/mol. The number of ether oxygens (including phenoxy) is 3. The number of halogens is 1. The minimum atomic E-state index is -0.951. The van der Waals surface area contributed by atoms with Gasteiger partial charge in [-0.15, -0.1) is 0 Å². The van der Waals surface area contributed by atoms with E-state index in [1.165, 1.54) is 39.4 Å². The van der Waals surface area contributed by atoms with Crippen LogP contribution in [-0.2, 0) is 9.53 Å². The van der Waals surface area contributed by atoms with Crippen molar-refractivity contribution in [2.75, 3.05) is 14.2 Å². The molecule has 26 heavy (non-hydrogen) atoms. The molecule has 0 aromatic heterocycles. The number of ketones is 1. The molecular formula is C20H19FO5. The Morgan fingerprint density at radius 1 is 1.04 bits per heavy atom. The number of methoxy groups -OCH3 is 2. The maximum atomic E-state index is 13.6. The normalized spacial score (nSPS) is 11.8. The maximum Gasteiger partial charge on any atom is 0.331 e. The van der Waals surface area contributed by atoms with E-state index in [4.69, 9.17) is 14.2 Å². The zero-order chi connectivity index (χ0) is 19.1. The largest absolute Gasteiger partial charge is 0.497 e. The number of Topliss-reactive ketones (excluding diaryl/α,β-unsaturated/α-hetero) is 1. The van der Waals surface area contributed by atoms with Gasteiger partial charge in [0.2, 0.25) is 5.78 Å². The van der Waals surface area contributed by atoms with Crippen LogP contribution in [0.5, 0.6) is 11.5 Å². The van der Waals surface area contributed by atoms with Crippen LogP contribution in [-0.4, -0.2) is 32.1 Å². The lowest BCUT2D eigenvalue weighted by Gasteiger charge is -2.11. The van der Waals surface area contributed by atoms with Crippen LogP contribution >= 0.6 is 0 Å². The van der Waals surface area contributed by atoms with Gasteiger partial charge in [0.1, 0.15) is 5.75 Å². The Hall–Kier alpha value is -3.15. The maximum absolute atomic E-state index is 13.6. The molecule has 0 aliphatic heterocycles. The van der Waals surface area contributed by atoms with Gasteiger partial charge in [-0.05, 0) is 55.0 Å². The van der Waals surface area contributed by atoms with Crippen molar-refractivity contribution in [2.24, 2.45) is 0 Å². The molecule has 0 amide bonds. The zero-order valence-electron chi connectivity index (χ0n) is 14.7. The Bertz CT molecular complexity index is 811. The third kappa shape index (κ3) is 4.92. The average Bonchev–Trinajstić information content (AvgIpc) is 2.66. The fourth-order valence-electron chi connectivity index (χ4n) is 2.21. The van der Waals surface area contributed by atoms with Crippen molar-refractivity contribution in [2.45, 2.75) is 13.0 Å². The number of carbonyl (C=O) groups excluding carboxylic acids is 2. The van der Waals surface area contributed by atoms with Gasteiger partial charge in [-0.25, -0.2) is 9.18 Å². The van der Waals surface area contributed by atoms with E-state index < -0.39 is 17.9 Å². The molecule has 5 nitrogen and oxygen atoms in total. The molecule has 0 bridgehead atoms. The van der Waals surface area contributed by atoms with E-state index in [1.54, 1.807) is 30.3 Å². The van der Waals surface area contributed by atoms with Crippen LogP contribution < -0.4 is 9.47 Å². The summed E-state index contributed by atoms with van der Waals surface area (Å²) in [6.45, 7) is 1.49. The number of carbonyl (C=O) groups is 2. The van der Waals surface area contributed by atoms with Gasteiger partial charge in [-0.3, -0.25) is 4.79 Å². The summed E-state index contributed by atoms with van der Waals surface area (Å²) in [6, 6.07) is 10.8. The first-order valence-electron chi connectivity index (χ1n) is 7.85. The van der Waals surface area contributed by atoms with Crippen molar-refractivity contribution in [3.05, 3.63) is 65.5 Å². The van der Waals surface area contributed by atoms with Crippen molar-refractivity contribution < 1.29 is 28.2 Å². The first kappa shape index (κ1) is 19.2. The van der Waals surface area contributed by atoms with Crippen LogP contribution in [0, 0.1) is 5.82 Å². The van der Waals surface area contributed by atoms with Crippen molar-refractivity contribution >= 4 is 17.8 Å². The Balaban J connectivity index is 1.97. The van der Waals surface area contributed by atoms with Crippen LogP contribution in [0.3, 0.4) is 0 Å². The molecule has 2 rings (SSSR count). The molecule has 6 heteroatoms. The van der Waals surface area contributed by atoms with Gasteiger partial charge >= 0.3 is 5.97 Å². The molecule has 0 N–H and O–H groups in total. The van der Waals surface area contributed by atoms with E-state index in [2.05, 4.69) is 0 Å². The number of hydrogen-bond acceptors (Lipinski definition) is 5. The van der Waals surface area contributed by atoms with Crippen molar-refractivity contribution in [1.82, 2.24) is 0 Å². The predicted octanol–water partition coefficient (Wildman–Crippen LogP) is 3.67. The molecule has 2 aromatic rings. The first-order chi connectivity index (χ1) is 12.4. The molecule has 2 aromatic carbocycles. The molecule has 0 aliphatic rings. The number of hydrogen-bond donors (Lipinski definition) is 0. The lowest BCUT2D eigenvalue weighted by molar-refractivity contribution is -0.140. The topological polar surface area (TPSA) is 61.8 Å². The fourth-order valence-corrected chi connectivity index (χ4v) is 2.21. The highest BCUT2D eigenvalue weighted by molar-refractivity contribution is 6.01. The lowest BCUT2D eigenvalue weighted by atomic mass is 10.1. The van der Waals surface area contributed by atoms with Crippen LogP contribution in [0.15, 0.2) is 48.5 Å². The molecule has 0 unspecified atom stereocenters. The van der Waals surface area contributed by atoms with Gasteiger partial charge in [0.05, 0.1) is 14.2 Å². The summed E-state index contributed by atoms with van der Waals surface area (Å²) < 4.78 is 28.6. The minimum absolute atomic E-state index is 0.114. The van der Waals surface area contributed by atoms with Crippen molar-refractivity contribution in [3.63, 3.8) is 0 Å². The minimum Gasteiger partial charge on any atom is -0.497 e. The predicted molar refractivity (Wildman–Crippen MR) is 94.9 cm³/mol. The number of rotatable bonds is 7. The average molecular weight is 358 g/mol. The summed E-state index contributed by atoms with van der Waals surface area (Å²) in [4.78, 5) is 24.1. The smallest absolute Gasteiger partial charge is 0.331 e. The van der Waals surface area contributed by atoms with E-state index in [-0.39, 0.29) is 11.5 Å². The third-order valence-corrected chi connectivity index (χ3v) is 3.62. The zero-order valence-corrected chi connectivity index (χ0v) is 14.7. The third-order valence-electron chi connectivity index (χ3n) is 3.62. The molecule has 0 aliphatic carbocycles. The summed E-state index contributed by atoms with van der Waals surface area (Å²) in [5, 5.41) is 0. The van der Waals surface area contributed by atoms with Crippen molar-refractivity contribution in [3.8, 4) is 11.5 Å². The van der Waals surface area contributed by atoms with Crippen LogP contribution in [0.4, 0.5) is 4.39 Å². The number of benzene rings is 2. The molecule has 136 valence electrons. The first-order valence-corrected chi connectivity index (χ1v) is 7.85. The van der Waals surface area contributed by atoms with Crippen LogP contribution in [0.25, 0.3) is 6.08 Å². The molecule has 0 spiro atoms. The van der Waals surface area contributed by atoms with Gasteiger partial charge < -0.3 is 14.2 Å². The Morgan fingerprint density at radius 3 is 2.31 bits per heavy atom. The monoisotopic (exact) mass is 358 g/mol. The molecule has 0 saturated carbocycles. The summed E-state index contributed by atoms with van der Waals surface area (Å²) in [6.07, 6.45) is 1.59. The summed E-state index contributed by atoms with van der Waals surface area (Å²) in [5.74, 6) is -0.823.